The zero-order valence-electron chi connectivity index (χ0n) is 8.51. The predicted octanol–water partition coefficient (Wildman–Crippen LogP) is 0.473. The van der Waals surface area contributed by atoms with Gasteiger partial charge in [0.05, 0.1) is 0 Å². The minimum Gasteiger partial charge on any atom is -0.366 e. The van der Waals surface area contributed by atoms with E-state index < -0.39 is 0 Å². The first kappa shape index (κ1) is 9.51. The van der Waals surface area contributed by atoms with Crippen molar-refractivity contribution in [3.8, 4) is 0 Å². The van der Waals surface area contributed by atoms with Crippen molar-refractivity contribution < 1.29 is 0 Å². The van der Waals surface area contributed by atoms with Gasteiger partial charge in [0.15, 0.2) is 5.82 Å². The van der Waals surface area contributed by atoms with E-state index in [0.717, 1.165) is 0 Å². The Hall–Kier alpha value is -2.04. The van der Waals surface area contributed by atoms with E-state index in [9.17, 15) is 0 Å². The Morgan fingerprint density at radius 3 is 2.60 bits per heavy atom. The van der Waals surface area contributed by atoms with E-state index in [1.54, 1.807) is 0 Å². The van der Waals surface area contributed by atoms with Gasteiger partial charge in [-0.3, -0.25) is 0 Å². The number of nitrogens with two attached hydrogens (primary N) is 2. The number of nitrogen functional groups attached to an aromatic ring is 2. The van der Waals surface area contributed by atoms with Gasteiger partial charge in [0, 0.05) is 6.42 Å². The molecule has 0 unspecified atom stereocenters. The van der Waals surface area contributed by atoms with Crippen molar-refractivity contribution in [2.75, 3.05) is 11.6 Å². The third-order valence-corrected chi connectivity index (χ3v) is 2.40. The molecular weight excluding hydrogens is 190 g/mol. The Morgan fingerprint density at radius 1 is 1.27 bits per heavy atom. The van der Waals surface area contributed by atoms with Crippen LogP contribution in [0.2, 0.25) is 0 Å². The van der Waals surface area contributed by atoms with Crippen molar-refractivity contribution >= 4 is 5.95 Å². The summed E-state index contributed by atoms with van der Waals surface area (Å²) in [5.41, 5.74) is 7.88. The summed E-state index contributed by atoms with van der Waals surface area (Å²) in [5, 5.41) is 7.62. The van der Waals surface area contributed by atoms with Gasteiger partial charge in [0.25, 0.3) is 0 Å². The Bertz CT molecular complexity index is 474. The van der Waals surface area contributed by atoms with E-state index >= 15 is 0 Å². The first-order chi connectivity index (χ1) is 7.18. The van der Waals surface area contributed by atoms with Crippen LogP contribution in [0.5, 0.6) is 0 Å². The maximum absolute atomic E-state index is 5.67. The molecule has 0 amide bonds. The summed E-state index contributed by atoms with van der Waals surface area (Å²) in [7, 11) is 0. The highest BCUT2D eigenvalue weighted by Crippen LogP contribution is 2.12. The van der Waals surface area contributed by atoms with Crippen molar-refractivity contribution in [3.05, 3.63) is 41.2 Å². The fourth-order valence-electron chi connectivity index (χ4n) is 1.44. The molecule has 4 N–H and O–H groups in total. The quantitative estimate of drug-likeness (QED) is 0.695. The van der Waals surface area contributed by atoms with Gasteiger partial charge in [-0.05, 0) is 18.1 Å². The largest absolute Gasteiger partial charge is 0.366 e. The lowest BCUT2D eigenvalue weighted by Crippen LogP contribution is -2.16. The summed E-state index contributed by atoms with van der Waals surface area (Å²) in [4.78, 5) is 0. The summed E-state index contributed by atoms with van der Waals surface area (Å²) < 4.78 is 1.31. The molecule has 0 radical (unpaired) electrons. The van der Waals surface area contributed by atoms with Gasteiger partial charge in [-0.25, -0.2) is 4.68 Å². The van der Waals surface area contributed by atoms with E-state index in [4.69, 9.17) is 11.6 Å². The second-order valence-corrected chi connectivity index (χ2v) is 3.45. The number of benzene rings is 1. The van der Waals surface area contributed by atoms with Crippen molar-refractivity contribution in [1.82, 2.24) is 14.9 Å². The summed E-state index contributed by atoms with van der Waals surface area (Å²) in [6.45, 7) is 2.05. The molecule has 15 heavy (non-hydrogen) atoms. The van der Waals surface area contributed by atoms with Crippen LogP contribution in [0, 0.1) is 6.92 Å². The molecule has 0 bridgehead atoms. The van der Waals surface area contributed by atoms with Crippen LogP contribution in [0.25, 0.3) is 0 Å². The molecule has 2 aromatic rings. The Morgan fingerprint density at radius 2 is 2.00 bits per heavy atom. The molecule has 0 saturated carbocycles. The molecule has 2 rings (SSSR count). The molecule has 0 aliphatic heterocycles. The molecule has 1 heterocycles. The standard InChI is InChI=1S/C10H13N5/c1-7-4-2-3-5-8(7)6-9-13-14-10(11)15(9)12/h2-5H,6,12H2,1H3,(H2,11,14). The SMILES string of the molecule is Cc1ccccc1Cc1nnc(N)n1N. The smallest absolute Gasteiger partial charge is 0.240 e. The van der Waals surface area contributed by atoms with Gasteiger partial charge < -0.3 is 11.6 Å². The minimum atomic E-state index is 0.235. The first-order valence-electron chi connectivity index (χ1n) is 4.68. The van der Waals surface area contributed by atoms with E-state index in [2.05, 4.69) is 23.2 Å². The normalized spacial score (nSPS) is 10.5. The average Bonchev–Trinajstić information content (AvgIpc) is 2.53. The number of nitrogens with zero attached hydrogens (tertiary/aromatic N) is 3. The van der Waals surface area contributed by atoms with Gasteiger partial charge in [0.2, 0.25) is 5.95 Å². The van der Waals surface area contributed by atoms with Crippen molar-refractivity contribution in [1.29, 1.82) is 0 Å². The van der Waals surface area contributed by atoms with Gasteiger partial charge in [-0.15, -0.1) is 10.2 Å². The number of anilines is 1. The van der Waals surface area contributed by atoms with Gasteiger partial charge in [-0.1, -0.05) is 24.3 Å². The lowest BCUT2D eigenvalue weighted by molar-refractivity contribution is 0.875. The van der Waals surface area contributed by atoms with Crippen LogP contribution < -0.4 is 11.6 Å². The number of hydrogen-bond acceptors (Lipinski definition) is 4. The second-order valence-electron chi connectivity index (χ2n) is 3.45. The number of rotatable bonds is 2. The number of aromatic nitrogens is 3. The highest BCUT2D eigenvalue weighted by Gasteiger charge is 2.08. The highest BCUT2D eigenvalue weighted by molar-refractivity contribution is 5.29. The van der Waals surface area contributed by atoms with Crippen LogP contribution in [0.15, 0.2) is 24.3 Å². The molecule has 1 aromatic heterocycles. The zero-order valence-corrected chi connectivity index (χ0v) is 8.51. The molecule has 0 spiro atoms. The van der Waals surface area contributed by atoms with E-state index in [1.165, 1.54) is 15.8 Å². The summed E-state index contributed by atoms with van der Waals surface area (Å²) >= 11 is 0. The topological polar surface area (TPSA) is 82.8 Å². The molecule has 5 heteroatoms. The summed E-state index contributed by atoms with van der Waals surface area (Å²) in [6, 6.07) is 8.08. The average molecular weight is 203 g/mol. The monoisotopic (exact) mass is 203 g/mol. The van der Waals surface area contributed by atoms with Crippen LogP contribution in [-0.2, 0) is 6.42 Å². The van der Waals surface area contributed by atoms with Crippen LogP contribution in [0.1, 0.15) is 17.0 Å². The van der Waals surface area contributed by atoms with E-state index in [1.807, 2.05) is 18.2 Å². The third-order valence-electron chi connectivity index (χ3n) is 2.40. The Balaban J connectivity index is 2.30. The first-order valence-corrected chi connectivity index (χ1v) is 4.68. The Kier molecular flexibility index (Phi) is 2.29. The molecule has 78 valence electrons. The number of aryl methyl sites for hydroxylation is 1. The van der Waals surface area contributed by atoms with Crippen LogP contribution in [0.4, 0.5) is 5.95 Å². The zero-order chi connectivity index (χ0) is 10.8. The molecule has 0 fully saturated rings. The molecular formula is C10H13N5. The van der Waals surface area contributed by atoms with Crippen molar-refractivity contribution in [2.24, 2.45) is 0 Å². The fraction of sp³-hybridized carbons (Fsp3) is 0.200. The van der Waals surface area contributed by atoms with Crippen molar-refractivity contribution in [2.45, 2.75) is 13.3 Å². The molecule has 0 aliphatic rings. The van der Waals surface area contributed by atoms with Crippen LogP contribution in [0.3, 0.4) is 0 Å². The molecule has 1 aromatic carbocycles. The molecule has 0 saturated heterocycles. The van der Waals surface area contributed by atoms with Crippen LogP contribution >= 0.6 is 0 Å². The second kappa shape index (κ2) is 3.61. The maximum Gasteiger partial charge on any atom is 0.240 e. The molecule has 0 atom stereocenters. The van der Waals surface area contributed by atoms with E-state index in [0.29, 0.717) is 12.2 Å². The van der Waals surface area contributed by atoms with Crippen molar-refractivity contribution in [3.63, 3.8) is 0 Å². The Labute approximate surface area is 87.7 Å². The third kappa shape index (κ3) is 1.76. The molecule has 0 aliphatic carbocycles. The lowest BCUT2D eigenvalue weighted by Gasteiger charge is -2.04. The van der Waals surface area contributed by atoms with Crippen LogP contribution in [-0.4, -0.2) is 14.9 Å². The van der Waals surface area contributed by atoms with Gasteiger partial charge in [0.1, 0.15) is 0 Å². The molecule has 5 nitrogen and oxygen atoms in total. The van der Waals surface area contributed by atoms with Gasteiger partial charge in [-0.2, -0.15) is 0 Å². The summed E-state index contributed by atoms with van der Waals surface area (Å²) in [5.74, 6) is 6.57. The fourth-order valence-corrected chi connectivity index (χ4v) is 1.44. The minimum absolute atomic E-state index is 0.235. The summed E-state index contributed by atoms with van der Waals surface area (Å²) in [6.07, 6.45) is 0.646. The predicted molar refractivity (Wildman–Crippen MR) is 58.6 cm³/mol. The number of hydrogen-bond donors (Lipinski definition) is 2. The van der Waals surface area contributed by atoms with Gasteiger partial charge >= 0.3 is 0 Å². The van der Waals surface area contributed by atoms with E-state index in [-0.39, 0.29) is 5.95 Å². The maximum atomic E-state index is 5.67. The highest BCUT2D eigenvalue weighted by atomic mass is 15.4. The lowest BCUT2D eigenvalue weighted by atomic mass is 10.1.